The number of nitrogens with zero attached hydrogens (tertiary/aromatic N) is 2. The Labute approximate surface area is 125 Å². The second-order valence-electron chi connectivity index (χ2n) is 4.79. The van der Waals surface area contributed by atoms with Crippen LogP contribution in [0.1, 0.15) is 17.4 Å². The summed E-state index contributed by atoms with van der Waals surface area (Å²) in [5.41, 5.74) is 3.97. The molecule has 0 spiro atoms. The van der Waals surface area contributed by atoms with Crippen molar-refractivity contribution in [2.24, 2.45) is 5.84 Å². The number of aromatic nitrogens is 2. The fourth-order valence-electron chi connectivity index (χ4n) is 2.17. The number of aryl methyl sites for hydroxylation is 2. The largest absolute Gasteiger partial charge is 0.308 e. The highest BCUT2D eigenvalue weighted by molar-refractivity contribution is 7.18. The predicted octanol–water partition coefficient (Wildman–Crippen LogP) is 3.65. The van der Waals surface area contributed by atoms with Crippen LogP contribution in [0.2, 0.25) is 0 Å². The van der Waals surface area contributed by atoms with E-state index >= 15 is 0 Å². The molecule has 0 amide bonds. The average Bonchev–Trinajstić information content (AvgIpc) is 2.92. The number of halogens is 1. The number of hydrogen-bond donors (Lipinski definition) is 2. The van der Waals surface area contributed by atoms with Crippen LogP contribution in [0.25, 0.3) is 21.6 Å². The van der Waals surface area contributed by atoms with E-state index in [1.54, 1.807) is 30.4 Å². The van der Waals surface area contributed by atoms with Gasteiger partial charge in [-0.2, -0.15) is 0 Å². The van der Waals surface area contributed by atoms with Crippen LogP contribution in [0.4, 0.5) is 10.2 Å². The SMILES string of the molecule is CCc1cc2c(NN)nc(-c3ccc(F)c(C)c3)nc2s1. The summed E-state index contributed by atoms with van der Waals surface area (Å²) in [5, 5.41) is 0.918. The normalized spacial score (nSPS) is 11.0. The van der Waals surface area contributed by atoms with Crippen molar-refractivity contribution in [2.45, 2.75) is 20.3 Å². The molecule has 0 aliphatic heterocycles. The first kappa shape index (κ1) is 13.9. The van der Waals surface area contributed by atoms with E-state index in [1.165, 1.54) is 10.9 Å². The molecule has 0 unspecified atom stereocenters. The third-order valence-corrected chi connectivity index (χ3v) is 4.52. The fourth-order valence-corrected chi connectivity index (χ4v) is 3.14. The van der Waals surface area contributed by atoms with E-state index in [1.807, 2.05) is 0 Å². The Kier molecular flexibility index (Phi) is 3.57. The van der Waals surface area contributed by atoms with Gasteiger partial charge in [-0.3, -0.25) is 0 Å². The van der Waals surface area contributed by atoms with Gasteiger partial charge in [-0.15, -0.1) is 11.3 Å². The molecule has 0 radical (unpaired) electrons. The van der Waals surface area contributed by atoms with E-state index in [4.69, 9.17) is 5.84 Å². The Bertz CT molecular complexity index is 813. The molecule has 2 aromatic heterocycles. The lowest BCUT2D eigenvalue weighted by Gasteiger charge is -2.06. The smallest absolute Gasteiger partial charge is 0.163 e. The van der Waals surface area contributed by atoms with Gasteiger partial charge in [0, 0.05) is 10.4 Å². The molecule has 0 atom stereocenters. The van der Waals surface area contributed by atoms with Crippen molar-refractivity contribution in [1.29, 1.82) is 0 Å². The summed E-state index contributed by atoms with van der Waals surface area (Å²) in [5.74, 6) is 6.47. The van der Waals surface area contributed by atoms with Gasteiger partial charge in [-0.25, -0.2) is 20.2 Å². The van der Waals surface area contributed by atoms with Gasteiger partial charge in [0.05, 0.1) is 5.39 Å². The Balaban J connectivity index is 2.20. The Morgan fingerprint density at radius 2 is 2.10 bits per heavy atom. The molecule has 3 aromatic rings. The first-order valence-electron chi connectivity index (χ1n) is 6.66. The van der Waals surface area contributed by atoms with Crippen molar-refractivity contribution in [3.05, 3.63) is 40.5 Å². The maximum Gasteiger partial charge on any atom is 0.163 e. The molecule has 0 saturated carbocycles. The molecule has 0 aliphatic carbocycles. The van der Waals surface area contributed by atoms with Crippen molar-refractivity contribution >= 4 is 27.4 Å². The highest BCUT2D eigenvalue weighted by atomic mass is 32.1. The van der Waals surface area contributed by atoms with Crippen LogP contribution in [-0.2, 0) is 6.42 Å². The van der Waals surface area contributed by atoms with Crippen LogP contribution in [0.15, 0.2) is 24.3 Å². The third kappa shape index (κ3) is 2.48. The minimum atomic E-state index is -0.235. The number of nitrogens with one attached hydrogen (secondary N) is 1. The molecule has 2 heterocycles. The zero-order valence-electron chi connectivity index (χ0n) is 11.8. The first-order chi connectivity index (χ1) is 10.1. The summed E-state index contributed by atoms with van der Waals surface area (Å²) in [4.78, 5) is 11.1. The van der Waals surface area contributed by atoms with Gasteiger partial charge in [-0.1, -0.05) is 6.92 Å². The van der Waals surface area contributed by atoms with Crippen LogP contribution >= 0.6 is 11.3 Å². The average molecular weight is 302 g/mol. The van der Waals surface area contributed by atoms with E-state index in [0.717, 1.165) is 22.2 Å². The maximum absolute atomic E-state index is 13.4. The minimum absolute atomic E-state index is 0.235. The van der Waals surface area contributed by atoms with E-state index in [9.17, 15) is 4.39 Å². The van der Waals surface area contributed by atoms with Crippen molar-refractivity contribution < 1.29 is 4.39 Å². The summed E-state index contributed by atoms with van der Waals surface area (Å²) in [6.45, 7) is 3.82. The van der Waals surface area contributed by atoms with Gasteiger partial charge in [0.2, 0.25) is 0 Å². The maximum atomic E-state index is 13.4. The number of nitrogen functional groups attached to an aromatic ring is 1. The minimum Gasteiger partial charge on any atom is -0.308 e. The summed E-state index contributed by atoms with van der Waals surface area (Å²) >= 11 is 1.62. The zero-order chi connectivity index (χ0) is 15.0. The number of thiophene rings is 1. The second kappa shape index (κ2) is 5.38. The summed E-state index contributed by atoms with van der Waals surface area (Å²) in [7, 11) is 0. The van der Waals surface area contributed by atoms with Crippen LogP contribution < -0.4 is 11.3 Å². The number of fused-ring (bicyclic) bond motifs is 1. The third-order valence-electron chi connectivity index (χ3n) is 3.35. The van der Waals surface area contributed by atoms with E-state index < -0.39 is 0 Å². The van der Waals surface area contributed by atoms with Gasteiger partial charge in [0.1, 0.15) is 10.6 Å². The molecule has 21 heavy (non-hydrogen) atoms. The summed E-state index contributed by atoms with van der Waals surface area (Å²) < 4.78 is 13.4. The number of hydrazine groups is 1. The van der Waals surface area contributed by atoms with Crippen LogP contribution in [0.3, 0.4) is 0 Å². The van der Waals surface area contributed by atoms with Crippen LogP contribution in [0, 0.1) is 12.7 Å². The first-order valence-corrected chi connectivity index (χ1v) is 7.47. The van der Waals surface area contributed by atoms with Crippen LogP contribution in [-0.4, -0.2) is 9.97 Å². The molecule has 1 aromatic carbocycles. The van der Waals surface area contributed by atoms with Gasteiger partial charge in [-0.05, 0) is 43.2 Å². The van der Waals surface area contributed by atoms with Crippen molar-refractivity contribution in [3.8, 4) is 11.4 Å². The predicted molar refractivity (Wildman–Crippen MR) is 84.7 cm³/mol. The molecule has 3 N–H and O–H groups in total. The molecule has 0 fully saturated rings. The molecule has 108 valence electrons. The Hall–Kier alpha value is -2.05. The molecule has 6 heteroatoms. The number of rotatable bonds is 3. The highest BCUT2D eigenvalue weighted by Crippen LogP contribution is 2.31. The molecular formula is C15H15FN4S. The molecule has 3 rings (SSSR count). The van der Waals surface area contributed by atoms with Gasteiger partial charge < -0.3 is 5.43 Å². The number of hydrogen-bond acceptors (Lipinski definition) is 5. The topological polar surface area (TPSA) is 63.8 Å². The Morgan fingerprint density at radius 3 is 2.76 bits per heavy atom. The van der Waals surface area contributed by atoms with Crippen molar-refractivity contribution in [2.75, 3.05) is 5.43 Å². The van der Waals surface area contributed by atoms with E-state index in [0.29, 0.717) is 17.2 Å². The summed E-state index contributed by atoms with van der Waals surface area (Å²) in [6.07, 6.45) is 0.941. The molecular weight excluding hydrogens is 287 g/mol. The van der Waals surface area contributed by atoms with Gasteiger partial charge >= 0.3 is 0 Å². The van der Waals surface area contributed by atoms with Crippen molar-refractivity contribution in [3.63, 3.8) is 0 Å². The molecule has 0 aliphatic rings. The molecule has 0 bridgehead atoms. The number of nitrogens with two attached hydrogens (primary N) is 1. The highest BCUT2D eigenvalue weighted by Gasteiger charge is 2.12. The number of benzene rings is 1. The lowest BCUT2D eigenvalue weighted by atomic mass is 10.1. The zero-order valence-corrected chi connectivity index (χ0v) is 12.6. The lowest BCUT2D eigenvalue weighted by molar-refractivity contribution is 0.618. The molecule has 0 saturated heterocycles. The standard InChI is InChI=1S/C15H15FN4S/c1-3-10-7-11-14(20-17)18-13(19-15(11)21-10)9-4-5-12(16)8(2)6-9/h4-7H,3,17H2,1-2H3,(H,18,19,20). The fraction of sp³-hybridized carbons (Fsp3) is 0.200. The summed E-state index contributed by atoms with van der Waals surface area (Å²) in [6, 6.07) is 6.90. The van der Waals surface area contributed by atoms with E-state index in [-0.39, 0.29) is 5.82 Å². The van der Waals surface area contributed by atoms with Gasteiger partial charge in [0.15, 0.2) is 11.6 Å². The lowest BCUT2D eigenvalue weighted by Crippen LogP contribution is -2.09. The van der Waals surface area contributed by atoms with Gasteiger partial charge in [0.25, 0.3) is 0 Å². The molecule has 4 nitrogen and oxygen atoms in total. The Morgan fingerprint density at radius 1 is 1.29 bits per heavy atom. The van der Waals surface area contributed by atoms with Crippen molar-refractivity contribution in [1.82, 2.24) is 9.97 Å². The monoisotopic (exact) mass is 302 g/mol. The number of anilines is 1. The van der Waals surface area contributed by atoms with E-state index in [2.05, 4.69) is 28.4 Å². The quantitative estimate of drug-likeness (QED) is 0.572. The van der Waals surface area contributed by atoms with Crippen LogP contribution in [0.5, 0.6) is 0 Å². The second-order valence-corrected chi connectivity index (χ2v) is 5.90.